The van der Waals surface area contributed by atoms with E-state index in [2.05, 4.69) is 0 Å². The highest BCUT2D eigenvalue weighted by Crippen LogP contribution is 2.25. The molecule has 0 saturated carbocycles. The molecule has 0 spiro atoms. The second kappa shape index (κ2) is 6.28. The maximum atomic E-state index is 13.4. The Labute approximate surface area is 137 Å². The van der Waals surface area contributed by atoms with Crippen molar-refractivity contribution in [2.24, 2.45) is 0 Å². The maximum absolute atomic E-state index is 13.4. The lowest BCUT2D eigenvalue weighted by Gasteiger charge is -2.06. The van der Waals surface area contributed by atoms with E-state index in [-0.39, 0.29) is 12.1 Å². The number of hydrogen-bond acceptors (Lipinski definition) is 1. The molecule has 0 aliphatic rings. The van der Waals surface area contributed by atoms with Crippen molar-refractivity contribution in [1.29, 1.82) is 0 Å². The highest BCUT2D eigenvalue weighted by molar-refractivity contribution is 5.96. The smallest absolute Gasteiger partial charge is 0.331 e. The van der Waals surface area contributed by atoms with Crippen molar-refractivity contribution in [3.63, 3.8) is 0 Å². The lowest BCUT2D eigenvalue weighted by atomic mass is 10.1. The number of para-hydroxylation sites is 1. The molecule has 3 aromatic rings. The predicted octanol–water partition coefficient (Wildman–Crippen LogP) is 4.46. The van der Waals surface area contributed by atoms with Gasteiger partial charge in [-0.15, -0.1) is 0 Å². The van der Waals surface area contributed by atoms with Gasteiger partial charge in [-0.3, -0.25) is 0 Å². The van der Waals surface area contributed by atoms with E-state index in [1.165, 1.54) is 19.1 Å². The summed E-state index contributed by atoms with van der Waals surface area (Å²) < 4.78 is 28.6. The Morgan fingerprint density at radius 2 is 1.83 bits per heavy atom. The lowest BCUT2D eigenvalue weighted by molar-refractivity contribution is -0.132. The minimum absolute atomic E-state index is 0.217. The topological polar surface area (TPSA) is 42.2 Å². The molecule has 1 N–H and O–H groups in total. The van der Waals surface area contributed by atoms with E-state index in [4.69, 9.17) is 5.11 Å². The molecule has 2 aromatic carbocycles. The Hall–Kier alpha value is -2.95. The van der Waals surface area contributed by atoms with E-state index < -0.39 is 17.6 Å². The molecule has 24 heavy (non-hydrogen) atoms. The Bertz CT molecular complexity index is 937. The summed E-state index contributed by atoms with van der Waals surface area (Å²) in [7, 11) is 0. The van der Waals surface area contributed by atoms with Gasteiger partial charge in [0.15, 0.2) is 0 Å². The number of nitrogens with zero attached hydrogens (tertiary/aromatic N) is 1. The molecule has 0 bridgehead atoms. The third-order valence-electron chi connectivity index (χ3n) is 3.80. The number of carboxylic acid groups (broad SMARTS) is 1. The summed E-state index contributed by atoms with van der Waals surface area (Å²) in [6.07, 6.45) is 3.38. The lowest BCUT2D eigenvalue weighted by Crippen LogP contribution is -1.99. The predicted molar refractivity (Wildman–Crippen MR) is 88.7 cm³/mol. The van der Waals surface area contributed by atoms with Gasteiger partial charge in [-0.2, -0.15) is 0 Å². The number of fused-ring (bicyclic) bond motifs is 1. The standard InChI is InChI=1S/C19H15F2NO2/c1-12(19(23)24)6-14-11-22(18-5-3-2-4-17(14)18)10-13-7-15(20)9-16(21)8-13/h2-9,11H,10H2,1H3,(H,23,24)/b12-6+. The molecular weight excluding hydrogens is 312 g/mol. The number of aromatic nitrogens is 1. The zero-order valence-corrected chi connectivity index (χ0v) is 13.0. The van der Waals surface area contributed by atoms with Crippen molar-refractivity contribution >= 4 is 22.9 Å². The van der Waals surface area contributed by atoms with E-state index in [0.717, 1.165) is 22.5 Å². The van der Waals surface area contributed by atoms with Crippen LogP contribution in [0.3, 0.4) is 0 Å². The Morgan fingerprint density at radius 1 is 1.17 bits per heavy atom. The average molecular weight is 327 g/mol. The minimum atomic E-state index is -0.987. The number of hydrogen-bond donors (Lipinski definition) is 1. The van der Waals surface area contributed by atoms with Gasteiger partial charge >= 0.3 is 5.97 Å². The fourth-order valence-corrected chi connectivity index (χ4v) is 2.71. The van der Waals surface area contributed by atoms with Gasteiger partial charge in [0, 0.05) is 40.8 Å². The molecule has 5 heteroatoms. The normalized spacial score (nSPS) is 11.9. The Balaban J connectivity index is 2.08. The van der Waals surface area contributed by atoms with Crippen molar-refractivity contribution in [2.45, 2.75) is 13.5 Å². The van der Waals surface area contributed by atoms with Gasteiger partial charge in [0.25, 0.3) is 0 Å². The highest BCUT2D eigenvalue weighted by Gasteiger charge is 2.10. The quantitative estimate of drug-likeness (QED) is 0.719. The zero-order chi connectivity index (χ0) is 17.3. The second-order valence-electron chi connectivity index (χ2n) is 5.64. The number of carboxylic acids is 1. The molecule has 0 radical (unpaired) electrons. The number of halogens is 2. The van der Waals surface area contributed by atoms with Crippen molar-refractivity contribution in [3.8, 4) is 0 Å². The fraction of sp³-hybridized carbons (Fsp3) is 0.105. The van der Waals surface area contributed by atoms with E-state index in [9.17, 15) is 13.6 Å². The number of rotatable bonds is 4. The Kier molecular flexibility index (Phi) is 4.16. The largest absolute Gasteiger partial charge is 0.478 e. The van der Waals surface area contributed by atoms with E-state index in [1.54, 1.807) is 12.3 Å². The number of benzene rings is 2. The Morgan fingerprint density at radius 3 is 2.50 bits per heavy atom. The van der Waals surface area contributed by atoms with Crippen LogP contribution in [0.15, 0.2) is 54.2 Å². The van der Waals surface area contributed by atoms with Crippen molar-refractivity contribution in [1.82, 2.24) is 4.57 Å². The first-order chi connectivity index (χ1) is 11.4. The number of carbonyl (C=O) groups is 1. The van der Waals surface area contributed by atoms with Crippen LogP contribution in [0.4, 0.5) is 8.78 Å². The van der Waals surface area contributed by atoms with Crippen LogP contribution in [0, 0.1) is 11.6 Å². The fourth-order valence-electron chi connectivity index (χ4n) is 2.71. The first kappa shape index (κ1) is 15.9. The van der Waals surface area contributed by atoms with Gasteiger partial charge < -0.3 is 9.67 Å². The summed E-state index contributed by atoms with van der Waals surface area (Å²) in [5.41, 5.74) is 2.34. The van der Waals surface area contributed by atoms with Crippen LogP contribution in [-0.4, -0.2) is 15.6 Å². The molecule has 0 atom stereocenters. The molecule has 0 aliphatic carbocycles. The molecule has 1 aromatic heterocycles. The molecule has 0 aliphatic heterocycles. The molecule has 122 valence electrons. The third-order valence-corrected chi connectivity index (χ3v) is 3.80. The van der Waals surface area contributed by atoms with E-state index in [1.807, 2.05) is 28.8 Å². The summed E-state index contributed by atoms with van der Waals surface area (Å²) >= 11 is 0. The average Bonchev–Trinajstić information content (AvgIpc) is 2.84. The van der Waals surface area contributed by atoms with Gasteiger partial charge in [-0.05, 0) is 36.8 Å². The molecule has 0 saturated heterocycles. The van der Waals surface area contributed by atoms with Crippen LogP contribution in [0.1, 0.15) is 18.1 Å². The third kappa shape index (κ3) is 3.20. The van der Waals surface area contributed by atoms with Gasteiger partial charge in [0.05, 0.1) is 0 Å². The van der Waals surface area contributed by atoms with Gasteiger partial charge in [-0.1, -0.05) is 18.2 Å². The second-order valence-corrected chi connectivity index (χ2v) is 5.64. The summed E-state index contributed by atoms with van der Waals surface area (Å²) in [4.78, 5) is 11.1. The molecule has 0 amide bonds. The van der Waals surface area contributed by atoms with Crippen molar-refractivity contribution in [3.05, 3.63) is 77.0 Å². The first-order valence-electron chi connectivity index (χ1n) is 7.38. The van der Waals surface area contributed by atoms with Crippen molar-refractivity contribution in [2.75, 3.05) is 0 Å². The first-order valence-corrected chi connectivity index (χ1v) is 7.38. The van der Waals surface area contributed by atoms with Crippen LogP contribution in [0.5, 0.6) is 0 Å². The maximum Gasteiger partial charge on any atom is 0.331 e. The summed E-state index contributed by atoms with van der Waals surface area (Å²) in [5, 5.41) is 9.94. The van der Waals surface area contributed by atoms with Gasteiger partial charge in [0.2, 0.25) is 0 Å². The van der Waals surface area contributed by atoms with Gasteiger partial charge in [0.1, 0.15) is 11.6 Å². The minimum Gasteiger partial charge on any atom is -0.478 e. The molecule has 0 unspecified atom stereocenters. The van der Waals surface area contributed by atoms with Crippen LogP contribution >= 0.6 is 0 Å². The van der Waals surface area contributed by atoms with Crippen molar-refractivity contribution < 1.29 is 18.7 Å². The summed E-state index contributed by atoms with van der Waals surface area (Å²) in [6.45, 7) is 1.81. The van der Waals surface area contributed by atoms with E-state index >= 15 is 0 Å². The zero-order valence-electron chi connectivity index (χ0n) is 13.0. The number of aliphatic carboxylic acids is 1. The molecule has 1 heterocycles. The highest BCUT2D eigenvalue weighted by atomic mass is 19.1. The SMILES string of the molecule is C/C(=C\c1cn(Cc2cc(F)cc(F)c2)c2ccccc12)C(=O)O. The molecule has 0 fully saturated rings. The summed E-state index contributed by atoms with van der Waals surface area (Å²) in [5.74, 6) is -2.23. The molecule has 3 nitrogen and oxygen atoms in total. The van der Waals surface area contributed by atoms with Crippen LogP contribution in [0.25, 0.3) is 17.0 Å². The van der Waals surface area contributed by atoms with Crippen LogP contribution in [-0.2, 0) is 11.3 Å². The summed E-state index contributed by atoms with van der Waals surface area (Å²) in [6, 6.07) is 10.9. The van der Waals surface area contributed by atoms with E-state index in [0.29, 0.717) is 5.56 Å². The monoisotopic (exact) mass is 327 g/mol. The molecular formula is C19H15F2NO2. The van der Waals surface area contributed by atoms with Gasteiger partial charge in [-0.25, -0.2) is 13.6 Å². The van der Waals surface area contributed by atoms with Crippen LogP contribution in [0.2, 0.25) is 0 Å². The molecule has 3 rings (SSSR count). The van der Waals surface area contributed by atoms with Crippen LogP contribution < -0.4 is 0 Å².